The second-order valence-corrected chi connectivity index (χ2v) is 6.25. The first-order valence-corrected chi connectivity index (χ1v) is 8.21. The highest BCUT2D eigenvalue weighted by atomic mass is 19.1. The van der Waals surface area contributed by atoms with Crippen LogP contribution in [0.2, 0.25) is 0 Å². The minimum atomic E-state index is -0.270. The molecule has 3 aromatic rings. The summed E-state index contributed by atoms with van der Waals surface area (Å²) < 4.78 is 24.0. The Balaban J connectivity index is 1.50. The zero-order valence-corrected chi connectivity index (χ0v) is 14.6. The number of hydrogen-bond donors (Lipinski definition) is 0. The molecule has 3 rings (SSSR count). The fraction of sp³-hybridized carbons (Fsp3) is 0.389. The highest BCUT2D eigenvalue weighted by Gasteiger charge is 2.11. The van der Waals surface area contributed by atoms with Crippen molar-refractivity contribution in [1.29, 1.82) is 0 Å². The van der Waals surface area contributed by atoms with Crippen molar-refractivity contribution < 1.29 is 13.4 Å². The Labute approximate surface area is 145 Å². The molecular formula is C18H21FN4O2. The molecule has 0 fully saturated rings. The van der Waals surface area contributed by atoms with Gasteiger partial charge in [-0.15, -0.1) is 0 Å². The summed E-state index contributed by atoms with van der Waals surface area (Å²) >= 11 is 0. The maximum absolute atomic E-state index is 13.6. The summed E-state index contributed by atoms with van der Waals surface area (Å²) in [6, 6.07) is 6.86. The molecule has 0 N–H and O–H groups in total. The lowest BCUT2D eigenvalue weighted by Crippen LogP contribution is -2.19. The molecule has 132 valence electrons. The lowest BCUT2D eigenvalue weighted by Gasteiger charge is -2.13. The second-order valence-electron chi connectivity index (χ2n) is 6.25. The van der Waals surface area contributed by atoms with Crippen LogP contribution in [-0.2, 0) is 13.0 Å². The first-order valence-electron chi connectivity index (χ1n) is 8.21. The minimum Gasteiger partial charge on any atom is -0.361 e. The van der Waals surface area contributed by atoms with Crippen LogP contribution in [0.1, 0.15) is 29.3 Å². The van der Waals surface area contributed by atoms with Gasteiger partial charge in [-0.2, -0.15) is 4.98 Å². The molecule has 0 radical (unpaired) electrons. The average Bonchev–Trinajstić information content (AvgIpc) is 3.19. The van der Waals surface area contributed by atoms with Gasteiger partial charge in [0.05, 0.1) is 5.69 Å². The van der Waals surface area contributed by atoms with Crippen LogP contribution in [0, 0.1) is 19.7 Å². The molecule has 0 aliphatic rings. The van der Waals surface area contributed by atoms with E-state index >= 15 is 0 Å². The lowest BCUT2D eigenvalue weighted by molar-refractivity contribution is 0.297. The number of benzene rings is 1. The number of hydrogen-bond acceptors (Lipinski definition) is 6. The van der Waals surface area contributed by atoms with E-state index < -0.39 is 0 Å². The van der Waals surface area contributed by atoms with Crippen molar-refractivity contribution in [3.8, 4) is 11.4 Å². The van der Waals surface area contributed by atoms with Gasteiger partial charge in [-0.3, -0.25) is 0 Å². The molecule has 0 saturated heterocycles. The van der Waals surface area contributed by atoms with Gasteiger partial charge < -0.3 is 13.9 Å². The molecule has 0 aliphatic heterocycles. The summed E-state index contributed by atoms with van der Waals surface area (Å²) in [6.07, 6.45) is 1.54. The van der Waals surface area contributed by atoms with Gasteiger partial charge in [0.15, 0.2) is 0 Å². The van der Waals surface area contributed by atoms with Crippen molar-refractivity contribution in [3.63, 3.8) is 0 Å². The molecule has 0 spiro atoms. The van der Waals surface area contributed by atoms with Gasteiger partial charge in [0.1, 0.15) is 11.6 Å². The Bertz CT molecular complexity index is 843. The van der Waals surface area contributed by atoms with Crippen LogP contribution in [0.15, 0.2) is 33.3 Å². The zero-order chi connectivity index (χ0) is 17.8. The average molecular weight is 344 g/mol. The molecule has 1 aromatic carbocycles. The molecule has 0 bridgehead atoms. The third kappa shape index (κ3) is 4.51. The van der Waals surface area contributed by atoms with Gasteiger partial charge in [-0.05, 0) is 45.5 Å². The molecule has 0 aliphatic carbocycles. The lowest BCUT2D eigenvalue weighted by atomic mass is 10.1. The topological polar surface area (TPSA) is 68.2 Å². The molecule has 0 unspecified atom stereocenters. The van der Waals surface area contributed by atoms with E-state index in [2.05, 4.69) is 20.2 Å². The van der Waals surface area contributed by atoms with Crippen molar-refractivity contribution >= 4 is 0 Å². The molecular weight excluding hydrogens is 323 g/mol. The van der Waals surface area contributed by atoms with Gasteiger partial charge in [-0.1, -0.05) is 22.4 Å². The van der Waals surface area contributed by atoms with E-state index in [0.29, 0.717) is 29.3 Å². The quantitative estimate of drug-likeness (QED) is 0.653. The SMILES string of the molecule is Cc1cc(CN(C)CCCc2nc(-c3ccc(C)c(F)c3)no2)no1. The van der Waals surface area contributed by atoms with Crippen LogP contribution in [-0.4, -0.2) is 33.8 Å². The minimum absolute atomic E-state index is 0.270. The van der Waals surface area contributed by atoms with Gasteiger partial charge in [0, 0.05) is 24.6 Å². The Kier molecular flexibility index (Phi) is 5.23. The van der Waals surface area contributed by atoms with E-state index in [4.69, 9.17) is 9.05 Å². The highest BCUT2D eigenvalue weighted by Crippen LogP contribution is 2.19. The fourth-order valence-corrected chi connectivity index (χ4v) is 2.55. The maximum Gasteiger partial charge on any atom is 0.227 e. The van der Waals surface area contributed by atoms with Crippen molar-refractivity contribution in [2.45, 2.75) is 33.2 Å². The van der Waals surface area contributed by atoms with Crippen LogP contribution in [0.4, 0.5) is 4.39 Å². The van der Waals surface area contributed by atoms with Gasteiger partial charge in [0.2, 0.25) is 11.7 Å². The number of rotatable bonds is 7. The van der Waals surface area contributed by atoms with E-state index in [1.54, 1.807) is 19.1 Å². The summed E-state index contributed by atoms with van der Waals surface area (Å²) in [7, 11) is 2.03. The summed E-state index contributed by atoms with van der Waals surface area (Å²) in [4.78, 5) is 6.50. The molecule has 25 heavy (non-hydrogen) atoms. The van der Waals surface area contributed by atoms with Gasteiger partial charge in [-0.25, -0.2) is 4.39 Å². The van der Waals surface area contributed by atoms with E-state index in [1.807, 2.05) is 20.0 Å². The smallest absolute Gasteiger partial charge is 0.227 e. The monoisotopic (exact) mass is 344 g/mol. The van der Waals surface area contributed by atoms with Gasteiger partial charge in [0.25, 0.3) is 0 Å². The molecule has 7 heteroatoms. The maximum atomic E-state index is 13.6. The number of halogens is 1. The van der Waals surface area contributed by atoms with E-state index in [1.165, 1.54) is 6.07 Å². The normalized spacial score (nSPS) is 11.4. The summed E-state index contributed by atoms with van der Waals surface area (Å²) in [5, 5.41) is 7.92. The third-order valence-corrected chi connectivity index (χ3v) is 3.94. The molecule has 0 atom stereocenters. The predicted octanol–water partition coefficient (Wildman–Crippen LogP) is 3.55. The van der Waals surface area contributed by atoms with Crippen molar-refractivity contribution in [2.24, 2.45) is 0 Å². The van der Waals surface area contributed by atoms with Crippen molar-refractivity contribution in [3.05, 3.63) is 53.0 Å². The second kappa shape index (κ2) is 7.57. The predicted molar refractivity (Wildman–Crippen MR) is 90.3 cm³/mol. The Morgan fingerprint density at radius 2 is 1.96 bits per heavy atom. The Morgan fingerprint density at radius 3 is 2.68 bits per heavy atom. The zero-order valence-electron chi connectivity index (χ0n) is 14.6. The fourth-order valence-electron chi connectivity index (χ4n) is 2.55. The Hall–Kier alpha value is -2.54. The first kappa shape index (κ1) is 17.3. The molecule has 2 heterocycles. The standard InChI is InChI=1S/C18H21FN4O2/c1-12-6-7-14(10-16(12)19)18-20-17(25-22-18)5-4-8-23(3)11-15-9-13(2)24-21-15/h6-7,9-10H,4-5,8,11H2,1-3H3. The van der Waals surface area contributed by atoms with E-state index in [-0.39, 0.29) is 5.82 Å². The van der Waals surface area contributed by atoms with Crippen LogP contribution < -0.4 is 0 Å². The summed E-state index contributed by atoms with van der Waals surface area (Å²) in [5.74, 6) is 1.52. The summed E-state index contributed by atoms with van der Waals surface area (Å²) in [5.41, 5.74) is 2.14. The number of aryl methyl sites for hydroxylation is 3. The van der Waals surface area contributed by atoms with Crippen LogP contribution in [0.25, 0.3) is 11.4 Å². The van der Waals surface area contributed by atoms with Crippen LogP contribution in [0.5, 0.6) is 0 Å². The highest BCUT2D eigenvalue weighted by molar-refractivity contribution is 5.54. The van der Waals surface area contributed by atoms with Crippen LogP contribution >= 0.6 is 0 Å². The first-order chi connectivity index (χ1) is 12.0. The van der Waals surface area contributed by atoms with Gasteiger partial charge >= 0.3 is 0 Å². The van der Waals surface area contributed by atoms with E-state index in [9.17, 15) is 4.39 Å². The van der Waals surface area contributed by atoms with Crippen LogP contribution in [0.3, 0.4) is 0 Å². The third-order valence-electron chi connectivity index (χ3n) is 3.94. The number of nitrogens with zero attached hydrogens (tertiary/aromatic N) is 4. The van der Waals surface area contributed by atoms with E-state index in [0.717, 1.165) is 31.0 Å². The van der Waals surface area contributed by atoms with Crippen molar-refractivity contribution in [2.75, 3.05) is 13.6 Å². The summed E-state index contributed by atoms with van der Waals surface area (Å²) in [6.45, 7) is 5.19. The van der Waals surface area contributed by atoms with Crippen molar-refractivity contribution in [1.82, 2.24) is 20.2 Å². The molecule has 6 nitrogen and oxygen atoms in total. The molecule has 0 saturated carbocycles. The largest absolute Gasteiger partial charge is 0.361 e. The number of aromatic nitrogens is 3. The molecule has 2 aromatic heterocycles. The Morgan fingerprint density at radius 1 is 1.12 bits per heavy atom. The molecule has 0 amide bonds.